The molecule has 3 rings (SSSR count). The monoisotopic (exact) mass is 453 g/mol. The van der Waals surface area contributed by atoms with Crippen molar-refractivity contribution in [1.29, 1.82) is 0 Å². The Morgan fingerprint density at radius 2 is 1.91 bits per heavy atom. The molecule has 3 aromatic rings. The van der Waals surface area contributed by atoms with Gasteiger partial charge in [0.2, 0.25) is 5.91 Å². The fraction of sp³-hybridized carbons (Fsp3) is 0.400. The van der Waals surface area contributed by atoms with Gasteiger partial charge in [0.25, 0.3) is 5.56 Å². The van der Waals surface area contributed by atoms with Crippen molar-refractivity contribution in [2.45, 2.75) is 50.9 Å². The largest absolute Gasteiger partial charge is 0.382 e. The van der Waals surface area contributed by atoms with Crippen molar-refractivity contribution in [3.8, 4) is 0 Å². The third kappa shape index (κ3) is 6.93. The average Bonchev–Trinajstić information content (AvgIpc) is 2.81. The zero-order chi connectivity index (χ0) is 22.8. The minimum atomic E-state index is -0.0776. The molecule has 1 atom stereocenters. The number of thioether (sulfide) groups is 1. The van der Waals surface area contributed by atoms with Crippen molar-refractivity contribution in [3.05, 3.63) is 70.5 Å². The molecule has 1 N–H and O–H groups in total. The van der Waals surface area contributed by atoms with Crippen molar-refractivity contribution >= 4 is 28.6 Å². The molecule has 6 nitrogen and oxygen atoms in total. The number of carbonyl (C=O) groups is 1. The van der Waals surface area contributed by atoms with E-state index in [1.54, 1.807) is 10.6 Å². The maximum Gasteiger partial charge on any atom is 0.262 e. The molecular formula is C25H31N3O3S. The lowest BCUT2D eigenvalue weighted by molar-refractivity contribution is -0.119. The molecule has 170 valence electrons. The topological polar surface area (TPSA) is 73.2 Å². The summed E-state index contributed by atoms with van der Waals surface area (Å²) in [6.45, 7) is 5.70. The first-order valence-electron chi connectivity index (χ1n) is 11.1. The highest BCUT2D eigenvalue weighted by Gasteiger charge is 2.14. The van der Waals surface area contributed by atoms with E-state index < -0.39 is 0 Å². The minimum absolute atomic E-state index is 0.0566. The number of ether oxygens (including phenoxy) is 1. The third-order valence-corrected chi connectivity index (χ3v) is 6.13. The van der Waals surface area contributed by atoms with E-state index >= 15 is 0 Å². The summed E-state index contributed by atoms with van der Waals surface area (Å²) < 4.78 is 7.08. The van der Waals surface area contributed by atoms with Crippen molar-refractivity contribution in [2.24, 2.45) is 0 Å². The highest BCUT2D eigenvalue weighted by molar-refractivity contribution is 7.99. The summed E-state index contributed by atoms with van der Waals surface area (Å²) in [6.07, 6.45) is 2.50. The molecule has 0 radical (unpaired) electrons. The van der Waals surface area contributed by atoms with Crippen LogP contribution in [-0.2, 0) is 22.5 Å². The summed E-state index contributed by atoms with van der Waals surface area (Å²) in [7, 11) is 0. The lowest BCUT2D eigenvalue weighted by Gasteiger charge is -2.15. The van der Waals surface area contributed by atoms with Crippen LogP contribution < -0.4 is 10.9 Å². The van der Waals surface area contributed by atoms with Gasteiger partial charge >= 0.3 is 0 Å². The Morgan fingerprint density at radius 1 is 1.16 bits per heavy atom. The Balaban J connectivity index is 1.62. The number of amides is 1. The van der Waals surface area contributed by atoms with Gasteiger partial charge in [0, 0.05) is 25.8 Å². The van der Waals surface area contributed by atoms with Crippen LogP contribution in [0.1, 0.15) is 32.3 Å². The fourth-order valence-corrected chi connectivity index (χ4v) is 4.31. The predicted molar refractivity (Wildman–Crippen MR) is 130 cm³/mol. The van der Waals surface area contributed by atoms with Crippen LogP contribution >= 0.6 is 11.8 Å². The Labute approximate surface area is 193 Å². The second-order valence-electron chi connectivity index (χ2n) is 7.70. The number of benzene rings is 2. The molecule has 32 heavy (non-hydrogen) atoms. The van der Waals surface area contributed by atoms with E-state index in [1.807, 2.05) is 50.2 Å². The molecule has 0 aliphatic rings. The number of nitrogens with one attached hydrogen (secondary N) is 1. The number of aromatic nitrogens is 2. The van der Waals surface area contributed by atoms with Crippen LogP contribution in [0.2, 0.25) is 0 Å². The Hall–Kier alpha value is -2.64. The standard InChI is InChI=1S/C25H31N3O3S/c1-3-31-17-9-16-28-24(30)21-12-7-8-13-22(21)27-25(28)32-18-23(29)26-19(2)14-15-20-10-5-4-6-11-20/h4-8,10-13,19H,3,9,14-18H2,1-2H3,(H,26,29). The minimum Gasteiger partial charge on any atom is -0.382 e. The summed E-state index contributed by atoms with van der Waals surface area (Å²) in [5.41, 5.74) is 1.84. The van der Waals surface area contributed by atoms with Crippen molar-refractivity contribution in [2.75, 3.05) is 19.0 Å². The van der Waals surface area contributed by atoms with E-state index in [-0.39, 0.29) is 23.3 Å². The summed E-state index contributed by atoms with van der Waals surface area (Å²) in [5, 5.41) is 4.21. The second kappa shape index (κ2) is 12.4. The van der Waals surface area contributed by atoms with Crippen LogP contribution in [0.4, 0.5) is 0 Å². The number of hydrogen-bond acceptors (Lipinski definition) is 5. The summed E-state index contributed by atoms with van der Waals surface area (Å²) in [4.78, 5) is 30.2. The van der Waals surface area contributed by atoms with Crippen molar-refractivity contribution < 1.29 is 9.53 Å². The highest BCUT2D eigenvalue weighted by Crippen LogP contribution is 2.18. The van der Waals surface area contributed by atoms with Gasteiger partial charge in [-0.3, -0.25) is 14.2 Å². The van der Waals surface area contributed by atoms with Gasteiger partial charge in [-0.25, -0.2) is 4.98 Å². The fourth-order valence-electron chi connectivity index (χ4n) is 3.47. The van der Waals surface area contributed by atoms with E-state index in [1.165, 1.54) is 17.3 Å². The smallest absolute Gasteiger partial charge is 0.262 e. The first-order chi connectivity index (χ1) is 15.6. The maximum atomic E-state index is 13.0. The average molecular weight is 454 g/mol. The number of fused-ring (bicyclic) bond motifs is 1. The van der Waals surface area contributed by atoms with E-state index in [0.717, 1.165) is 12.8 Å². The molecule has 0 bridgehead atoms. The molecule has 0 saturated carbocycles. The Kier molecular flexibility index (Phi) is 9.31. The van der Waals surface area contributed by atoms with E-state index in [0.29, 0.717) is 42.2 Å². The molecule has 1 unspecified atom stereocenters. The number of rotatable bonds is 12. The molecule has 1 aromatic heterocycles. The van der Waals surface area contributed by atoms with Crippen LogP contribution in [0.3, 0.4) is 0 Å². The molecule has 0 fully saturated rings. The quantitative estimate of drug-likeness (QED) is 0.254. The van der Waals surface area contributed by atoms with Gasteiger partial charge in [-0.2, -0.15) is 0 Å². The second-order valence-corrected chi connectivity index (χ2v) is 8.64. The lowest BCUT2D eigenvalue weighted by Crippen LogP contribution is -2.34. The number of aryl methyl sites for hydroxylation is 1. The number of carbonyl (C=O) groups excluding carboxylic acids is 1. The summed E-state index contributed by atoms with van der Waals surface area (Å²) in [5.74, 6) is 0.158. The van der Waals surface area contributed by atoms with Gasteiger partial charge in [-0.05, 0) is 50.8 Å². The summed E-state index contributed by atoms with van der Waals surface area (Å²) in [6, 6.07) is 17.7. The zero-order valence-electron chi connectivity index (χ0n) is 18.8. The molecule has 0 aliphatic carbocycles. The molecule has 0 aliphatic heterocycles. The van der Waals surface area contributed by atoms with Crippen molar-refractivity contribution in [1.82, 2.24) is 14.9 Å². The van der Waals surface area contributed by atoms with Crippen LogP contribution in [0.15, 0.2) is 64.5 Å². The lowest BCUT2D eigenvalue weighted by atomic mass is 10.1. The van der Waals surface area contributed by atoms with E-state index in [9.17, 15) is 9.59 Å². The first kappa shape index (κ1) is 24.0. The molecule has 0 spiro atoms. The molecule has 1 heterocycles. The molecule has 7 heteroatoms. The highest BCUT2D eigenvalue weighted by atomic mass is 32.2. The first-order valence-corrected chi connectivity index (χ1v) is 12.1. The van der Waals surface area contributed by atoms with Gasteiger partial charge in [0.15, 0.2) is 5.16 Å². The normalized spacial score (nSPS) is 12.1. The van der Waals surface area contributed by atoms with Crippen LogP contribution in [-0.4, -0.2) is 40.5 Å². The van der Waals surface area contributed by atoms with Crippen LogP contribution in [0.5, 0.6) is 0 Å². The number of hydrogen-bond donors (Lipinski definition) is 1. The Morgan fingerprint density at radius 3 is 2.69 bits per heavy atom. The molecule has 0 saturated heterocycles. The van der Waals surface area contributed by atoms with Gasteiger partial charge in [0.1, 0.15) is 0 Å². The molecular weight excluding hydrogens is 422 g/mol. The Bertz CT molecular complexity index is 1070. The van der Waals surface area contributed by atoms with Crippen LogP contribution in [0.25, 0.3) is 10.9 Å². The van der Waals surface area contributed by atoms with Gasteiger partial charge in [-0.15, -0.1) is 0 Å². The zero-order valence-corrected chi connectivity index (χ0v) is 19.6. The number of para-hydroxylation sites is 1. The maximum absolute atomic E-state index is 13.0. The number of nitrogens with zero attached hydrogens (tertiary/aromatic N) is 2. The van der Waals surface area contributed by atoms with Crippen molar-refractivity contribution in [3.63, 3.8) is 0 Å². The van der Waals surface area contributed by atoms with E-state index in [4.69, 9.17) is 4.74 Å². The molecule has 1 amide bonds. The van der Waals surface area contributed by atoms with Crippen LogP contribution in [0, 0.1) is 0 Å². The predicted octanol–water partition coefficient (Wildman–Crippen LogP) is 4.05. The van der Waals surface area contributed by atoms with E-state index in [2.05, 4.69) is 22.4 Å². The van der Waals surface area contributed by atoms with Gasteiger partial charge in [-0.1, -0.05) is 54.2 Å². The third-order valence-electron chi connectivity index (χ3n) is 5.15. The summed E-state index contributed by atoms with van der Waals surface area (Å²) >= 11 is 1.30. The van der Waals surface area contributed by atoms with Gasteiger partial charge < -0.3 is 10.1 Å². The SMILES string of the molecule is CCOCCCn1c(SCC(=O)NC(C)CCc2ccccc2)nc2ccccc2c1=O. The van der Waals surface area contributed by atoms with Gasteiger partial charge in [0.05, 0.1) is 16.7 Å². The molecule has 2 aromatic carbocycles.